The molecule has 0 spiro atoms. The van der Waals surface area contributed by atoms with Crippen molar-refractivity contribution in [1.29, 1.82) is 0 Å². The summed E-state index contributed by atoms with van der Waals surface area (Å²) in [7, 11) is 0. The molecule has 0 atom stereocenters. The van der Waals surface area contributed by atoms with Crippen molar-refractivity contribution in [1.82, 2.24) is 15.0 Å². The smallest absolute Gasteiger partial charge is 0.135 e. The summed E-state index contributed by atoms with van der Waals surface area (Å²) in [6, 6.07) is 7.07. The molecule has 1 aromatic heterocycles. The third-order valence-corrected chi connectivity index (χ3v) is 2.02. The molecule has 0 N–H and O–H groups in total. The molecule has 0 amide bonds. The summed E-state index contributed by atoms with van der Waals surface area (Å²) in [5.74, 6) is 0. The lowest BCUT2D eigenvalue weighted by molar-refractivity contribution is 0.475. The molecule has 0 aliphatic heterocycles. The summed E-state index contributed by atoms with van der Waals surface area (Å²) >= 11 is 5.73. The Hall–Kier alpha value is -1.42. The van der Waals surface area contributed by atoms with Gasteiger partial charge in [0.25, 0.3) is 0 Å². The number of alkyl halides is 1. The first-order valence-electron chi connectivity index (χ1n) is 4.03. The van der Waals surface area contributed by atoms with Crippen LogP contribution in [0.3, 0.4) is 0 Å². The molecule has 1 heterocycles. The van der Waals surface area contributed by atoms with Crippen molar-refractivity contribution in [2.24, 2.45) is 0 Å². The molecule has 0 fully saturated rings. The van der Waals surface area contributed by atoms with Gasteiger partial charge >= 0.3 is 0 Å². The molecule has 0 aliphatic rings. The van der Waals surface area contributed by atoms with E-state index in [1.807, 2.05) is 0 Å². The van der Waals surface area contributed by atoms with Gasteiger partial charge in [-0.15, -0.1) is 5.10 Å². The van der Waals surface area contributed by atoms with E-state index in [4.69, 9.17) is 11.6 Å². The minimum absolute atomic E-state index is 0.319. The maximum atomic E-state index is 12.2. The van der Waals surface area contributed by atoms with Crippen LogP contribution in [0.4, 0.5) is 4.39 Å². The van der Waals surface area contributed by atoms with Gasteiger partial charge in [0, 0.05) is 5.02 Å². The zero-order valence-electron chi connectivity index (χ0n) is 7.19. The van der Waals surface area contributed by atoms with Gasteiger partial charge in [-0.05, 0) is 24.3 Å². The fourth-order valence-electron chi connectivity index (χ4n) is 1.08. The van der Waals surface area contributed by atoms with Crippen LogP contribution in [0, 0.1) is 0 Å². The van der Waals surface area contributed by atoms with Gasteiger partial charge in [0.1, 0.15) is 12.4 Å². The summed E-state index contributed by atoms with van der Waals surface area (Å²) in [4.78, 5) is 0. The first kappa shape index (κ1) is 9.15. The highest BCUT2D eigenvalue weighted by molar-refractivity contribution is 6.30. The number of hydrogen-bond donors (Lipinski definition) is 0. The lowest BCUT2D eigenvalue weighted by Gasteiger charge is -1.98. The van der Waals surface area contributed by atoms with Crippen molar-refractivity contribution in [3.8, 4) is 5.69 Å². The van der Waals surface area contributed by atoms with E-state index in [2.05, 4.69) is 10.3 Å². The molecule has 3 nitrogen and oxygen atoms in total. The summed E-state index contributed by atoms with van der Waals surface area (Å²) in [6.45, 7) is -0.604. The largest absolute Gasteiger partial charge is 0.244 e. The van der Waals surface area contributed by atoms with Crippen LogP contribution in [-0.4, -0.2) is 15.0 Å². The SMILES string of the molecule is FCc1cn(-c2ccc(Cl)cc2)nn1. The number of aromatic nitrogens is 3. The quantitative estimate of drug-likeness (QED) is 0.764. The lowest BCUT2D eigenvalue weighted by Crippen LogP contribution is -1.93. The first-order chi connectivity index (χ1) is 6.79. The Morgan fingerprint density at radius 3 is 2.57 bits per heavy atom. The van der Waals surface area contributed by atoms with E-state index in [1.54, 1.807) is 30.5 Å². The number of nitrogens with zero attached hydrogens (tertiary/aromatic N) is 3. The molecule has 0 saturated carbocycles. The molecule has 0 saturated heterocycles. The minimum Gasteiger partial charge on any atom is -0.244 e. The Bertz CT molecular complexity index is 424. The normalized spacial score (nSPS) is 10.4. The van der Waals surface area contributed by atoms with Crippen LogP contribution in [0.2, 0.25) is 5.02 Å². The zero-order valence-corrected chi connectivity index (χ0v) is 7.95. The van der Waals surface area contributed by atoms with Gasteiger partial charge in [0.15, 0.2) is 0 Å². The molecule has 0 unspecified atom stereocenters. The zero-order chi connectivity index (χ0) is 9.97. The van der Waals surface area contributed by atoms with Gasteiger partial charge in [0.05, 0.1) is 11.9 Å². The monoisotopic (exact) mass is 211 g/mol. The highest BCUT2D eigenvalue weighted by Gasteiger charge is 2.01. The highest BCUT2D eigenvalue weighted by atomic mass is 35.5. The summed E-state index contributed by atoms with van der Waals surface area (Å²) in [5, 5.41) is 8.06. The average molecular weight is 212 g/mol. The van der Waals surface area contributed by atoms with E-state index >= 15 is 0 Å². The molecule has 0 radical (unpaired) electrons. The molecule has 0 aliphatic carbocycles. The third kappa shape index (κ3) is 1.75. The van der Waals surface area contributed by atoms with E-state index in [0.29, 0.717) is 10.7 Å². The standard InChI is InChI=1S/C9H7ClFN3/c10-7-1-3-9(4-2-7)14-6-8(5-11)12-13-14/h1-4,6H,5H2. The van der Waals surface area contributed by atoms with Crippen molar-refractivity contribution < 1.29 is 4.39 Å². The Balaban J connectivity index is 2.34. The molecule has 2 rings (SSSR count). The van der Waals surface area contributed by atoms with Crippen molar-refractivity contribution in [2.75, 3.05) is 0 Å². The fourth-order valence-corrected chi connectivity index (χ4v) is 1.21. The predicted molar refractivity (Wildman–Crippen MR) is 51.2 cm³/mol. The van der Waals surface area contributed by atoms with Gasteiger partial charge < -0.3 is 0 Å². The molecule has 5 heteroatoms. The molecule has 14 heavy (non-hydrogen) atoms. The molecular weight excluding hydrogens is 205 g/mol. The predicted octanol–water partition coefficient (Wildman–Crippen LogP) is 2.39. The van der Waals surface area contributed by atoms with E-state index < -0.39 is 6.67 Å². The van der Waals surface area contributed by atoms with Crippen molar-refractivity contribution in [2.45, 2.75) is 6.67 Å². The summed E-state index contributed by atoms with van der Waals surface area (Å²) < 4.78 is 13.7. The number of halogens is 2. The second-order valence-electron chi connectivity index (χ2n) is 2.76. The third-order valence-electron chi connectivity index (χ3n) is 1.77. The minimum atomic E-state index is -0.604. The van der Waals surface area contributed by atoms with Crippen LogP contribution in [0.5, 0.6) is 0 Å². The van der Waals surface area contributed by atoms with Crippen LogP contribution in [0.15, 0.2) is 30.5 Å². The van der Waals surface area contributed by atoms with Crippen LogP contribution >= 0.6 is 11.6 Å². The Morgan fingerprint density at radius 2 is 2.00 bits per heavy atom. The van der Waals surface area contributed by atoms with E-state index in [-0.39, 0.29) is 0 Å². The van der Waals surface area contributed by atoms with E-state index in [0.717, 1.165) is 5.69 Å². The van der Waals surface area contributed by atoms with E-state index in [9.17, 15) is 4.39 Å². The Morgan fingerprint density at radius 1 is 1.29 bits per heavy atom. The lowest BCUT2D eigenvalue weighted by atomic mass is 10.3. The van der Waals surface area contributed by atoms with Crippen LogP contribution in [0.1, 0.15) is 5.69 Å². The maximum absolute atomic E-state index is 12.2. The highest BCUT2D eigenvalue weighted by Crippen LogP contribution is 2.12. The van der Waals surface area contributed by atoms with Crippen LogP contribution < -0.4 is 0 Å². The van der Waals surface area contributed by atoms with Gasteiger partial charge in [0.2, 0.25) is 0 Å². The van der Waals surface area contributed by atoms with Crippen molar-refractivity contribution in [3.05, 3.63) is 41.2 Å². The molecule has 72 valence electrons. The molecule has 0 bridgehead atoms. The second kappa shape index (κ2) is 3.75. The Labute approximate surface area is 85.1 Å². The topological polar surface area (TPSA) is 30.7 Å². The molecule has 2 aromatic rings. The average Bonchev–Trinajstić information content (AvgIpc) is 2.67. The van der Waals surface area contributed by atoms with Gasteiger partial charge in [-0.1, -0.05) is 16.8 Å². The van der Waals surface area contributed by atoms with Gasteiger partial charge in [-0.2, -0.15) is 0 Å². The van der Waals surface area contributed by atoms with Gasteiger partial charge in [-0.25, -0.2) is 9.07 Å². The Kier molecular flexibility index (Phi) is 2.45. The number of hydrogen-bond acceptors (Lipinski definition) is 2. The molecular formula is C9H7ClFN3. The van der Waals surface area contributed by atoms with E-state index in [1.165, 1.54) is 4.68 Å². The van der Waals surface area contributed by atoms with Crippen LogP contribution in [-0.2, 0) is 6.67 Å². The number of rotatable bonds is 2. The van der Waals surface area contributed by atoms with Crippen molar-refractivity contribution >= 4 is 11.6 Å². The maximum Gasteiger partial charge on any atom is 0.135 e. The second-order valence-corrected chi connectivity index (χ2v) is 3.20. The summed E-state index contributed by atoms with van der Waals surface area (Å²) in [6.07, 6.45) is 1.54. The van der Waals surface area contributed by atoms with Crippen molar-refractivity contribution in [3.63, 3.8) is 0 Å². The number of benzene rings is 1. The summed E-state index contributed by atoms with van der Waals surface area (Å²) in [5.41, 5.74) is 1.13. The van der Waals surface area contributed by atoms with Gasteiger partial charge in [-0.3, -0.25) is 0 Å². The van der Waals surface area contributed by atoms with Crippen LogP contribution in [0.25, 0.3) is 5.69 Å². The first-order valence-corrected chi connectivity index (χ1v) is 4.40. The molecule has 1 aromatic carbocycles. The fraction of sp³-hybridized carbons (Fsp3) is 0.111.